The number of hydrogen-bond donors (Lipinski definition) is 2. The lowest BCUT2D eigenvalue weighted by Crippen LogP contribution is -2.34. The molecule has 0 saturated heterocycles. The molecule has 124 valence electrons. The lowest BCUT2D eigenvalue weighted by atomic mass is 10.1. The van der Waals surface area contributed by atoms with E-state index in [9.17, 15) is 5.11 Å². The van der Waals surface area contributed by atoms with Crippen LogP contribution in [0.25, 0.3) is 0 Å². The number of nitrogens with zero attached hydrogens (tertiary/aromatic N) is 1. The van der Waals surface area contributed by atoms with Crippen LogP contribution in [0.2, 0.25) is 0 Å². The zero-order chi connectivity index (χ0) is 16.7. The van der Waals surface area contributed by atoms with Crippen molar-refractivity contribution in [1.82, 2.24) is 10.3 Å². The first kappa shape index (κ1) is 17.2. The molecule has 0 aliphatic carbocycles. The van der Waals surface area contributed by atoms with Crippen LogP contribution in [0.3, 0.4) is 0 Å². The van der Waals surface area contributed by atoms with Gasteiger partial charge in [0.25, 0.3) is 0 Å². The van der Waals surface area contributed by atoms with Crippen LogP contribution >= 0.6 is 0 Å². The molecule has 0 fully saturated rings. The first-order valence-corrected chi connectivity index (χ1v) is 7.59. The highest BCUT2D eigenvalue weighted by Crippen LogP contribution is 2.28. The minimum atomic E-state index is -0.725. The van der Waals surface area contributed by atoms with E-state index in [1.54, 1.807) is 33.4 Å². The lowest BCUT2D eigenvalue weighted by molar-refractivity contribution is 0.0795. The SMILES string of the molecule is COc1cc(CNCC(C)(C)O)ccc1OCc1ccncc1. The third-order valence-electron chi connectivity index (χ3n) is 3.26. The predicted octanol–water partition coefficient (Wildman–Crippen LogP) is 2.53. The summed E-state index contributed by atoms with van der Waals surface area (Å²) in [5.41, 5.74) is 1.40. The van der Waals surface area contributed by atoms with Crippen molar-refractivity contribution in [3.8, 4) is 11.5 Å². The van der Waals surface area contributed by atoms with E-state index in [4.69, 9.17) is 9.47 Å². The monoisotopic (exact) mass is 316 g/mol. The largest absolute Gasteiger partial charge is 0.493 e. The number of aliphatic hydroxyl groups is 1. The average molecular weight is 316 g/mol. The van der Waals surface area contributed by atoms with E-state index in [-0.39, 0.29) is 0 Å². The highest BCUT2D eigenvalue weighted by Gasteiger charge is 2.12. The quantitative estimate of drug-likeness (QED) is 0.783. The van der Waals surface area contributed by atoms with Crippen LogP contribution in [-0.2, 0) is 13.2 Å². The molecule has 2 N–H and O–H groups in total. The molecule has 0 saturated carbocycles. The Hall–Kier alpha value is -2.11. The molecule has 1 aromatic heterocycles. The van der Waals surface area contributed by atoms with Gasteiger partial charge in [-0.1, -0.05) is 6.07 Å². The van der Waals surface area contributed by atoms with Crippen LogP contribution in [0.15, 0.2) is 42.7 Å². The van der Waals surface area contributed by atoms with Crippen molar-refractivity contribution >= 4 is 0 Å². The van der Waals surface area contributed by atoms with Gasteiger partial charge < -0.3 is 19.9 Å². The van der Waals surface area contributed by atoms with Crippen molar-refractivity contribution in [2.45, 2.75) is 32.6 Å². The highest BCUT2D eigenvalue weighted by molar-refractivity contribution is 5.43. The van der Waals surface area contributed by atoms with Crippen LogP contribution in [0.4, 0.5) is 0 Å². The van der Waals surface area contributed by atoms with Crippen molar-refractivity contribution < 1.29 is 14.6 Å². The maximum absolute atomic E-state index is 9.71. The van der Waals surface area contributed by atoms with E-state index >= 15 is 0 Å². The molecular weight excluding hydrogens is 292 g/mol. The number of hydrogen-bond acceptors (Lipinski definition) is 5. The van der Waals surface area contributed by atoms with Crippen LogP contribution in [0.5, 0.6) is 11.5 Å². The van der Waals surface area contributed by atoms with Crippen molar-refractivity contribution in [2.75, 3.05) is 13.7 Å². The van der Waals surface area contributed by atoms with Gasteiger partial charge in [0.15, 0.2) is 11.5 Å². The average Bonchev–Trinajstić information content (AvgIpc) is 2.53. The fourth-order valence-electron chi connectivity index (χ4n) is 2.09. The standard InChI is InChI=1S/C18H24N2O3/c1-18(2,21)13-20-11-15-4-5-16(17(10-15)22-3)23-12-14-6-8-19-9-7-14/h4-10,20-21H,11-13H2,1-3H3. The molecule has 0 amide bonds. The number of methoxy groups -OCH3 is 1. The van der Waals surface area contributed by atoms with Crippen molar-refractivity contribution in [1.29, 1.82) is 0 Å². The molecule has 0 spiro atoms. The Bertz CT molecular complexity index is 609. The summed E-state index contributed by atoms with van der Waals surface area (Å²) in [6.45, 7) is 5.20. The number of rotatable bonds is 8. The molecule has 0 aliphatic rings. The summed E-state index contributed by atoms with van der Waals surface area (Å²) in [6, 6.07) is 9.67. The molecule has 1 aromatic carbocycles. The summed E-state index contributed by atoms with van der Waals surface area (Å²) in [6.07, 6.45) is 3.49. The van der Waals surface area contributed by atoms with Crippen LogP contribution < -0.4 is 14.8 Å². The summed E-state index contributed by atoms with van der Waals surface area (Å²) >= 11 is 0. The minimum Gasteiger partial charge on any atom is -0.493 e. The second-order valence-electron chi connectivity index (χ2n) is 6.05. The second-order valence-corrected chi connectivity index (χ2v) is 6.05. The zero-order valence-corrected chi connectivity index (χ0v) is 13.9. The number of aromatic nitrogens is 1. The Labute approximate surface area is 137 Å². The van der Waals surface area contributed by atoms with Gasteiger partial charge in [-0.25, -0.2) is 0 Å². The van der Waals surface area contributed by atoms with E-state index in [0.717, 1.165) is 11.1 Å². The van der Waals surface area contributed by atoms with E-state index in [2.05, 4.69) is 10.3 Å². The van der Waals surface area contributed by atoms with E-state index in [0.29, 0.717) is 31.2 Å². The van der Waals surface area contributed by atoms with Crippen LogP contribution in [0, 0.1) is 0 Å². The number of pyridine rings is 1. The smallest absolute Gasteiger partial charge is 0.161 e. The maximum atomic E-state index is 9.71. The summed E-state index contributed by atoms with van der Waals surface area (Å²) < 4.78 is 11.2. The lowest BCUT2D eigenvalue weighted by Gasteiger charge is -2.18. The Balaban J connectivity index is 1.96. The summed E-state index contributed by atoms with van der Waals surface area (Å²) in [7, 11) is 1.63. The Morgan fingerprint density at radius 3 is 2.48 bits per heavy atom. The Morgan fingerprint density at radius 1 is 1.09 bits per heavy atom. The maximum Gasteiger partial charge on any atom is 0.161 e. The minimum absolute atomic E-state index is 0.467. The van der Waals surface area contributed by atoms with E-state index in [1.165, 1.54) is 0 Å². The molecule has 5 nitrogen and oxygen atoms in total. The molecule has 0 atom stereocenters. The van der Waals surface area contributed by atoms with Gasteiger partial charge in [0.2, 0.25) is 0 Å². The number of ether oxygens (including phenoxy) is 2. The highest BCUT2D eigenvalue weighted by atomic mass is 16.5. The molecule has 0 radical (unpaired) electrons. The van der Waals surface area contributed by atoms with Gasteiger partial charge in [0, 0.05) is 25.5 Å². The first-order valence-electron chi connectivity index (χ1n) is 7.59. The normalized spacial score (nSPS) is 11.3. The van der Waals surface area contributed by atoms with Gasteiger partial charge in [0.1, 0.15) is 6.61 Å². The summed E-state index contributed by atoms with van der Waals surface area (Å²) in [5.74, 6) is 1.40. The number of nitrogens with one attached hydrogen (secondary N) is 1. The molecule has 23 heavy (non-hydrogen) atoms. The van der Waals surface area contributed by atoms with Crippen LogP contribution in [-0.4, -0.2) is 29.3 Å². The van der Waals surface area contributed by atoms with Gasteiger partial charge in [-0.3, -0.25) is 4.98 Å². The van der Waals surface area contributed by atoms with Gasteiger partial charge in [-0.2, -0.15) is 0 Å². The fraction of sp³-hybridized carbons (Fsp3) is 0.389. The third kappa shape index (κ3) is 5.88. The molecule has 0 aliphatic heterocycles. The molecular formula is C18H24N2O3. The molecule has 1 heterocycles. The molecule has 2 aromatic rings. The van der Waals surface area contributed by atoms with Gasteiger partial charge in [0.05, 0.1) is 12.7 Å². The predicted molar refractivity (Wildman–Crippen MR) is 89.6 cm³/mol. The third-order valence-corrected chi connectivity index (χ3v) is 3.26. The fourth-order valence-corrected chi connectivity index (χ4v) is 2.09. The van der Waals surface area contributed by atoms with E-state index in [1.807, 2.05) is 30.3 Å². The topological polar surface area (TPSA) is 63.6 Å². The molecule has 0 bridgehead atoms. The van der Waals surface area contributed by atoms with Gasteiger partial charge in [-0.15, -0.1) is 0 Å². The van der Waals surface area contributed by atoms with Crippen LogP contribution in [0.1, 0.15) is 25.0 Å². The van der Waals surface area contributed by atoms with E-state index < -0.39 is 5.60 Å². The number of benzene rings is 1. The Morgan fingerprint density at radius 2 is 1.83 bits per heavy atom. The first-order chi connectivity index (χ1) is 11.0. The molecule has 0 unspecified atom stereocenters. The Kier molecular flexibility index (Phi) is 5.96. The van der Waals surface area contributed by atoms with Gasteiger partial charge in [-0.05, 0) is 49.2 Å². The molecule has 2 rings (SSSR count). The van der Waals surface area contributed by atoms with Crippen molar-refractivity contribution in [2.24, 2.45) is 0 Å². The van der Waals surface area contributed by atoms with Gasteiger partial charge >= 0.3 is 0 Å². The second kappa shape index (κ2) is 7.94. The summed E-state index contributed by atoms with van der Waals surface area (Å²) in [5, 5.41) is 12.9. The zero-order valence-electron chi connectivity index (χ0n) is 13.9. The van der Waals surface area contributed by atoms with Crippen molar-refractivity contribution in [3.63, 3.8) is 0 Å². The summed E-state index contributed by atoms with van der Waals surface area (Å²) in [4.78, 5) is 3.99. The molecule has 5 heteroatoms. The van der Waals surface area contributed by atoms with Crippen molar-refractivity contribution in [3.05, 3.63) is 53.9 Å².